The van der Waals surface area contributed by atoms with Crippen LogP contribution in [0.5, 0.6) is 5.75 Å². The first-order valence-electron chi connectivity index (χ1n) is 13.1. The lowest BCUT2D eigenvalue weighted by Crippen LogP contribution is -2.51. The lowest BCUT2D eigenvalue weighted by Gasteiger charge is -2.39. The van der Waals surface area contributed by atoms with Crippen molar-refractivity contribution in [2.24, 2.45) is 0 Å². The van der Waals surface area contributed by atoms with Gasteiger partial charge in [0.25, 0.3) is 0 Å². The number of benzene rings is 3. The molecule has 38 heavy (non-hydrogen) atoms. The summed E-state index contributed by atoms with van der Waals surface area (Å²) in [4.78, 5) is 28.0. The summed E-state index contributed by atoms with van der Waals surface area (Å²) in [5.74, 6) is 0.748. The molecule has 0 aliphatic carbocycles. The molecular weight excluding hydrogens is 476 g/mol. The fraction of sp³-hybridized carbons (Fsp3) is 0.355. The van der Waals surface area contributed by atoms with E-state index in [2.05, 4.69) is 64.1 Å². The van der Waals surface area contributed by atoms with Crippen LogP contribution in [0.4, 0.5) is 5.69 Å². The summed E-state index contributed by atoms with van der Waals surface area (Å²) in [7, 11) is 5.78. The molecule has 0 saturated carbocycles. The van der Waals surface area contributed by atoms with Crippen molar-refractivity contribution in [1.29, 1.82) is 0 Å². The van der Waals surface area contributed by atoms with Crippen molar-refractivity contribution in [2.45, 2.75) is 31.8 Å². The van der Waals surface area contributed by atoms with Gasteiger partial charge in [-0.25, -0.2) is 0 Å². The zero-order valence-electron chi connectivity index (χ0n) is 22.7. The molecule has 1 fully saturated rings. The number of carbonyl (C=O) groups is 2. The topological polar surface area (TPSA) is 73.9 Å². The second-order valence-corrected chi connectivity index (χ2v) is 10.0. The van der Waals surface area contributed by atoms with Crippen LogP contribution in [0.1, 0.15) is 30.4 Å². The van der Waals surface area contributed by atoms with E-state index in [1.165, 1.54) is 12.5 Å². The fourth-order valence-electron chi connectivity index (χ4n) is 5.06. The minimum Gasteiger partial charge on any atom is -0.496 e. The number of anilines is 1. The Labute approximate surface area is 225 Å². The number of piperidine rings is 1. The lowest BCUT2D eigenvalue weighted by molar-refractivity contribution is -0.133. The van der Waals surface area contributed by atoms with Gasteiger partial charge in [0.15, 0.2) is 0 Å². The van der Waals surface area contributed by atoms with Crippen LogP contribution in [0.2, 0.25) is 0 Å². The van der Waals surface area contributed by atoms with Crippen molar-refractivity contribution in [1.82, 2.24) is 15.5 Å². The molecule has 0 radical (unpaired) electrons. The molecule has 7 nitrogen and oxygen atoms in total. The number of likely N-dealkylation sites (tertiary alicyclic amines) is 1. The Hall–Kier alpha value is -3.84. The molecule has 2 N–H and O–H groups in total. The molecule has 3 aromatic rings. The predicted octanol–water partition coefficient (Wildman–Crippen LogP) is 4.04. The molecule has 1 heterocycles. The van der Waals surface area contributed by atoms with Crippen molar-refractivity contribution in [3.63, 3.8) is 0 Å². The Bertz CT molecular complexity index is 1230. The molecule has 2 atom stereocenters. The first-order chi connectivity index (χ1) is 18.4. The first kappa shape index (κ1) is 27.2. The number of hydrogen-bond donors (Lipinski definition) is 2. The van der Waals surface area contributed by atoms with Crippen LogP contribution in [0, 0.1) is 0 Å². The molecule has 2 amide bonds. The molecule has 0 spiro atoms. The third-order valence-electron chi connectivity index (χ3n) is 7.23. The molecule has 1 saturated heterocycles. The van der Waals surface area contributed by atoms with Crippen LogP contribution in [0.15, 0.2) is 72.8 Å². The van der Waals surface area contributed by atoms with Crippen LogP contribution in [-0.2, 0) is 16.1 Å². The van der Waals surface area contributed by atoms with Gasteiger partial charge in [0, 0.05) is 63.9 Å². The van der Waals surface area contributed by atoms with Gasteiger partial charge < -0.3 is 25.2 Å². The van der Waals surface area contributed by atoms with Crippen LogP contribution in [0.25, 0.3) is 11.1 Å². The maximum Gasteiger partial charge on any atom is 0.241 e. The fourth-order valence-corrected chi connectivity index (χ4v) is 5.06. The van der Waals surface area contributed by atoms with Gasteiger partial charge >= 0.3 is 0 Å². The number of nitrogens with zero attached hydrogens (tertiary/aromatic N) is 2. The average Bonchev–Trinajstić information content (AvgIpc) is 2.95. The summed E-state index contributed by atoms with van der Waals surface area (Å²) in [6.45, 7) is 3.37. The summed E-state index contributed by atoms with van der Waals surface area (Å²) in [5, 5.41) is 6.41. The standard InChI is InChI=1S/C31H38N4O3/c1-22(36)32-20-31(37)35-17-16-29(28(21-35)24-8-6-5-7-9-24)33-19-26-18-25(12-15-30(26)38-4)23-10-13-27(14-11-23)34(2)3/h5-15,18,28-29,33H,16-17,19-21H2,1-4H3,(H,32,36)/t28-,29-/m0/s1. The van der Waals surface area contributed by atoms with E-state index in [0.717, 1.165) is 34.5 Å². The van der Waals surface area contributed by atoms with Crippen LogP contribution in [-0.4, -0.2) is 63.6 Å². The second kappa shape index (κ2) is 12.6. The first-order valence-corrected chi connectivity index (χ1v) is 13.1. The van der Waals surface area contributed by atoms with E-state index >= 15 is 0 Å². The maximum atomic E-state index is 12.8. The molecule has 7 heteroatoms. The highest BCUT2D eigenvalue weighted by Crippen LogP contribution is 2.31. The molecule has 0 unspecified atom stereocenters. The Kier molecular flexibility index (Phi) is 9.02. The normalized spacial score (nSPS) is 17.1. The second-order valence-electron chi connectivity index (χ2n) is 10.0. The van der Waals surface area contributed by atoms with Crippen LogP contribution >= 0.6 is 0 Å². The zero-order chi connectivity index (χ0) is 27.1. The third-order valence-corrected chi connectivity index (χ3v) is 7.23. The average molecular weight is 515 g/mol. The third kappa shape index (κ3) is 6.72. The highest BCUT2D eigenvalue weighted by atomic mass is 16.5. The van der Waals surface area contributed by atoms with E-state index in [1.807, 2.05) is 43.3 Å². The number of nitrogens with one attached hydrogen (secondary N) is 2. The summed E-state index contributed by atoms with van der Waals surface area (Å²) in [5.41, 5.74) is 5.76. The molecular formula is C31H38N4O3. The Balaban J connectivity index is 1.51. The van der Waals surface area contributed by atoms with Crippen molar-refractivity contribution in [2.75, 3.05) is 45.7 Å². The smallest absolute Gasteiger partial charge is 0.241 e. The summed E-state index contributed by atoms with van der Waals surface area (Å²) >= 11 is 0. The molecule has 1 aliphatic heterocycles. The van der Waals surface area contributed by atoms with Gasteiger partial charge in [-0.3, -0.25) is 9.59 Å². The Morgan fingerprint density at radius 3 is 2.37 bits per heavy atom. The number of ether oxygens (including phenoxy) is 1. The summed E-state index contributed by atoms with van der Waals surface area (Å²) in [6.07, 6.45) is 0.819. The molecule has 1 aliphatic rings. The molecule has 0 bridgehead atoms. The van der Waals surface area contributed by atoms with E-state index in [0.29, 0.717) is 19.6 Å². The predicted molar refractivity (Wildman–Crippen MR) is 152 cm³/mol. The molecule has 3 aromatic carbocycles. The zero-order valence-corrected chi connectivity index (χ0v) is 22.7. The van der Waals surface area contributed by atoms with E-state index in [9.17, 15) is 9.59 Å². The summed E-state index contributed by atoms with van der Waals surface area (Å²) in [6, 6.07) is 25.4. The largest absolute Gasteiger partial charge is 0.496 e. The monoisotopic (exact) mass is 514 g/mol. The van der Waals surface area contributed by atoms with E-state index in [-0.39, 0.29) is 30.3 Å². The highest BCUT2D eigenvalue weighted by Gasteiger charge is 2.32. The molecule has 4 rings (SSSR count). The SMILES string of the molecule is COc1ccc(-c2ccc(N(C)C)cc2)cc1CN[C@H]1CCN(C(=O)CNC(C)=O)C[C@H]1c1ccccc1. The van der Waals surface area contributed by atoms with E-state index in [1.54, 1.807) is 7.11 Å². The van der Waals surface area contributed by atoms with Gasteiger partial charge in [-0.1, -0.05) is 48.5 Å². The Morgan fingerprint density at radius 1 is 1.00 bits per heavy atom. The number of hydrogen-bond acceptors (Lipinski definition) is 5. The van der Waals surface area contributed by atoms with Crippen LogP contribution in [0.3, 0.4) is 0 Å². The van der Waals surface area contributed by atoms with Gasteiger partial charge in [-0.2, -0.15) is 0 Å². The number of methoxy groups -OCH3 is 1. The lowest BCUT2D eigenvalue weighted by atomic mass is 9.85. The van der Waals surface area contributed by atoms with Crippen molar-refractivity contribution in [3.8, 4) is 16.9 Å². The minimum atomic E-state index is -0.195. The van der Waals surface area contributed by atoms with Gasteiger partial charge in [0.2, 0.25) is 11.8 Å². The maximum absolute atomic E-state index is 12.8. The highest BCUT2D eigenvalue weighted by molar-refractivity contribution is 5.83. The van der Waals surface area contributed by atoms with Crippen LogP contribution < -0.4 is 20.3 Å². The van der Waals surface area contributed by atoms with Gasteiger partial charge in [-0.15, -0.1) is 0 Å². The number of carbonyl (C=O) groups excluding carboxylic acids is 2. The van der Waals surface area contributed by atoms with Crippen molar-refractivity contribution < 1.29 is 14.3 Å². The minimum absolute atomic E-state index is 0.0362. The Morgan fingerprint density at radius 2 is 1.71 bits per heavy atom. The molecule has 0 aromatic heterocycles. The van der Waals surface area contributed by atoms with E-state index in [4.69, 9.17) is 4.74 Å². The molecule has 200 valence electrons. The quantitative estimate of drug-likeness (QED) is 0.451. The van der Waals surface area contributed by atoms with E-state index < -0.39 is 0 Å². The summed E-state index contributed by atoms with van der Waals surface area (Å²) < 4.78 is 5.70. The van der Waals surface area contributed by atoms with Gasteiger partial charge in [0.05, 0.1) is 13.7 Å². The van der Waals surface area contributed by atoms with Gasteiger partial charge in [-0.05, 0) is 47.4 Å². The number of rotatable bonds is 9. The van der Waals surface area contributed by atoms with Gasteiger partial charge in [0.1, 0.15) is 5.75 Å². The van der Waals surface area contributed by atoms with Crippen molar-refractivity contribution >= 4 is 17.5 Å². The van der Waals surface area contributed by atoms with Crippen molar-refractivity contribution in [3.05, 3.63) is 83.9 Å². The number of amides is 2.